The van der Waals surface area contributed by atoms with E-state index in [-0.39, 0.29) is 17.1 Å². The smallest absolute Gasteiger partial charge is 0.237 e. The van der Waals surface area contributed by atoms with Crippen LogP contribution in [0.3, 0.4) is 0 Å². The van der Waals surface area contributed by atoms with Gasteiger partial charge in [-0.05, 0) is 44.0 Å². The maximum Gasteiger partial charge on any atom is 0.237 e. The predicted molar refractivity (Wildman–Crippen MR) is 96.8 cm³/mol. The van der Waals surface area contributed by atoms with Gasteiger partial charge in [0.15, 0.2) is 5.82 Å². The maximum absolute atomic E-state index is 12.3. The number of nitrogens with zero attached hydrogens (tertiary/aromatic N) is 3. The molecule has 1 aromatic carbocycles. The third-order valence-electron chi connectivity index (χ3n) is 3.76. The van der Waals surface area contributed by atoms with Crippen molar-refractivity contribution in [1.29, 1.82) is 0 Å². The van der Waals surface area contributed by atoms with Gasteiger partial charge < -0.3 is 16.5 Å². The van der Waals surface area contributed by atoms with Crippen molar-refractivity contribution in [2.75, 3.05) is 16.5 Å². The number of thioether (sulfide) groups is 1. The molecule has 132 valence electrons. The number of carbonyl (C=O) groups is 2. The molecule has 2 amide bonds. The summed E-state index contributed by atoms with van der Waals surface area (Å²) in [6, 6.07) is 6.93. The second kappa shape index (κ2) is 7.14. The third kappa shape index (κ3) is 4.30. The van der Waals surface area contributed by atoms with Crippen molar-refractivity contribution >= 4 is 35.0 Å². The van der Waals surface area contributed by atoms with E-state index in [9.17, 15) is 9.59 Å². The molecule has 1 atom stereocenters. The van der Waals surface area contributed by atoms with E-state index in [2.05, 4.69) is 20.8 Å². The van der Waals surface area contributed by atoms with Crippen LogP contribution in [-0.2, 0) is 9.59 Å². The summed E-state index contributed by atoms with van der Waals surface area (Å²) < 4.78 is 1.48. The predicted octanol–water partition coefficient (Wildman–Crippen LogP) is 1.95. The molecule has 1 fully saturated rings. The van der Waals surface area contributed by atoms with Gasteiger partial charge in [-0.3, -0.25) is 9.59 Å². The summed E-state index contributed by atoms with van der Waals surface area (Å²) in [7, 11) is 0. The highest BCUT2D eigenvalue weighted by atomic mass is 32.2. The summed E-state index contributed by atoms with van der Waals surface area (Å²) in [5, 5.41) is 13.8. The first kappa shape index (κ1) is 17.3. The zero-order valence-corrected chi connectivity index (χ0v) is 14.8. The Bertz CT molecular complexity index is 784. The van der Waals surface area contributed by atoms with Crippen LogP contribution in [0, 0.1) is 0 Å². The number of nitrogen functional groups attached to an aromatic ring is 1. The lowest BCUT2D eigenvalue weighted by atomic mass is 10.2. The fourth-order valence-corrected chi connectivity index (χ4v) is 3.06. The number of nitrogens with one attached hydrogen (secondary N) is 2. The van der Waals surface area contributed by atoms with Gasteiger partial charge in [0.2, 0.25) is 17.0 Å². The molecule has 4 N–H and O–H groups in total. The number of benzene rings is 1. The molecule has 1 aliphatic carbocycles. The molecule has 2 aromatic rings. The minimum absolute atomic E-state index is 0.140. The summed E-state index contributed by atoms with van der Waals surface area (Å²) in [5.41, 5.74) is 1.33. The summed E-state index contributed by atoms with van der Waals surface area (Å²) >= 11 is 1.27. The number of rotatable bonds is 6. The van der Waals surface area contributed by atoms with E-state index in [1.54, 1.807) is 31.2 Å². The second-order valence-corrected chi connectivity index (χ2v) is 7.30. The van der Waals surface area contributed by atoms with Crippen LogP contribution in [0.5, 0.6) is 0 Å². The molecule has 0 bridgehead atoms. The first-order valence-electron chi connectivity index (χ1n) is 7.99. The van der Waals surface area contributed by atoms with E-state index in [0.717, 1.165) is 18.7 Å². The van der Waals surface area contributed by atoms with Crippen LogP contribution in [0.4, 0.5) is 11.4 Å². The molecule has 1 aliphatic rings. The molecular weight excluding hydrogens is 340 g/mol. The third-order valence-corrected chi connectivity index (χ3v) is 4.81. The number of anilines is 2. The van der Waals surface area contributed by atoms with Crippen molar-refractivity contribution in [3.8, 4) is 0 Å². The summed E-state index contributed by atoms with van der Waals surface area (Å²) in [5.74, 6) is 6.89. The first-order valence-corrected chi connectivity index (χ1v) is 8.87. The molecule has 0 saturated heterocycles. The molecule has 1 aromatic heterocycles. The van der Waals surface area contributed by atoms with Gasteiger partial charge in [0.1, 0.15) is 0 Å². The lowest BCUT2D eigenvalue weighted by Gasteiger charge is -2.12. The van der Waals surface area contributed by atoms with Crippen molar-refractivity contribution < 1.29 is 9.59 Å². The van der Waals surface area contributed by atoms with E-state index < -0.39 is 0 Å². The molecule has 3 rings (SSSR count). The number of amides is 2. The molecule has 0 unspecified atom stereocenters. The average Bonchev–Trinajstić information content (AvgIpc) is 3.34. The van der Waals surface area contributed by atoms with Crippen LogP contribution >= 0.6 is 11.8 Å². The SMILES string of the molecule is CC(=O)Nc1ccc(NC(=O)[C@@H](C)Sc2nnc(C3CC3)n2N)cc1. The van der Waals surface area contributed by atoms with Gasteiger partial charge in [-0.2, -0.15) is 0 Å². The van der Waals surface area contributed by atoms with Gasteiger partial charge in [-0.25, -0.2) is 4.68 Å². The maximum atomic E-state index is 12.3. The zero-order chi connectivity index (χ0) is 18.0. The van der Waals surface area contributed by atoms with Crippen LogP contribution in [0.2, 0.25) is 0 Å². The Balaban J connectivity index is 1.58. The van der Waals surface area contributed by atoms with Crippen molar-refractivity contribution in [2.24, 2.45) is 0 Å². The van der Waals surface area contributed by atoms with Gasteiger partial charge in [0.05, 0.1) is 5.25 Å². The Labute approximate surface area is 149 Å². The molecule has 0 radical (unpaired) electrons. The quantitative estimate of drug-likeness (QED) is 0.536. The zero-order valence-electron chi connectivity index (χ0n) is 14.0. The van der Waals surface area contributed by atoms with E-state index in [1.165, 1.54) is 23.4 Å². The standard InChI is InChI=1S/C16H20N6O2S/c1-9(25-16-21-20-14(22(16)17)11-3-4-11)15(24)19-13-7-5-12(6-8-13)18-10(2)23/h5-9,11H,3-4,17H2,1-2H3,(H,18,23)(H,19,24)/t9-/m1/s1. The monoisotopic (exact) mass is 360 g/mol. The summed E-state index contributed by atoms with van der Waals surface area (Å²) in [6.45, 7) is 3.23. The average molecular weight is 360 g/mol. The van der Waals surface area contributed by atoms with Crippen molar-refractivity contribution in [3.05, 3.63) is 30.1 Å². The number of aromatic nitrogens is 3. The minimum Gasteiger partial charge on any atom is -0.336 e. The molecule has 1 saturated carbocycles. The highest BCUT2D eigenvalue weighted by molar-refractivity contribution is 8.00. The number of nitrogens with two attached hydrogens (primary N) is 1. The Hall–Kier alpha value is -2.55. The Morgan fingerprint density at radius 3 is 2.36 bits per heavy atom. The lowest BCUT2D eigenvalue weighted by Crippen LogP contribution is -2.23. The van der Waals surface area contributed by atoms with Gasteiger partial charge in [-0.15, -0.1) is 10.2 Å². The molecule has 9 heteroatoms. The second-order valence-electron chi connectivity index (χ2n) is 5.99. The fraction of sp³-hybridized carbons (Fsp3) is 0.375. The van der Waals surface area contributed by atoms with Crippen LogP contribution in [0.25, 0.3) is 0 Å². The number of carbonyl (C=O) groups excluding carboxylic acids is 2. The fourth-order valence-electron chi connectivity index (χ4n) is 2.28. The number of hydrogen-bond acceptors (Lipinski definition) is 6. The molecule has 0 aliphatic heterocycles. The minimum atomic E-state index is -0.381. The van der Waals surface area contributed by atoms with E-state index >= 15 is 0 Å². The first-order chi connectivity index (χ1) is 11.9. The van der Waals surface area contributed by atoms with Crippen LogP contribution in [0.1, 0.15) is 38.4 Å². The van der Waals surface area contributed by atoms with E-state index in [1.807, 2.05) is 0 Å². The molecule has 0 spiro atoms. The van der Waals surface area contributed by atoms with Gasteiger partial charge in [0, 0.05) is 24.2 Å². The van der Waals surface area contributed by atoms with Gasteiger partial charge in [-0.1, -0.05) is 11.8 Å². The van der Waals surface area contributed by atoms with Crippen molar-refractivity contribution in [1.82, 2.24) is 14.9 Å². The highest BCUT2D eigenvalue weighted by Gasteiger charge is 2.30. The largest absolute Gasteiger partial charge is 0.336 e. The Kier molecular flexibility index (Phi) is 4.93. The molecule has 25 heavy (non-hydrogen) atoms. The lowest BCUT2D eigenvalue weighted by molar-refractivity contribution is -0.115. The molecular formula is C16H20N6O2S. The molecule has 1 heterocycles. The van der Waals surface area contributed by atoms with Crippen LogP contribution in [0.15, 0.2) is 29.4 Å². The topological polar surface area (TPSA) is 115 Å². The van der Waals surface area contributed by atoms with E-state index in [4.69, 9.17) is 5.84 Å². The van der Waals surface area contributed by atoms with Crippen LogP contribution < -0.4 is 16.5 Å². The van der Waals surface area contributed by atoms with Crippen LogP contribution in [-0.4, -0.2) is 31.9 Å². The normalized spacial score (nSPS) is 14.8. The Morgan fingerprint density at radius 1 is 1.20 bits per heavy atom. The van der Waals surface area contributed by atoms with E-state index in [0.29, 0.717) is 22.4 Å². The van der Waals surface area contributed by atoms with Gasteiger partial charge in [0.25, 0.3) is 0 Å². The van der Waals surface area contributed by atoms with Crippen molar-refractivity contribution in [3.63, 3.8) is 0 Å². The Morgan fingerprint density at radius 2 is 1.80 bits per heavy atom. The van der Waals surface area contributed by atoms with Crippen molar-refractivity contribution in [2.45, 2.75) is 43.0 Å². The highest BCUT2D eigenvalue weighted by Crippen LogP contribution is 2.39. The van der Waals surface area contributed by atoms with Gasteiger partial charge >= 0.3 is 0 Å². The molecule has 8 nitrogen and oxygen atoms in total. The number of hydrogen-bond donors (Lipinski definition) is 3. The summed E-state index contributed by atoms with van der Waals surface area (Å²) in [6.07, 6.45) is 2.18. The summed E-state index contributed by atoms with van der Waals surface area (Å²) in [4.78, 5) is 23.4.